The van der Waals surface area contributed by atoms with Crippen molar-refractivity contribution in [3.8, 4) is 0 Å². The summed E-state index contributed by atoms with van der Waals surface area (Å²) in [5.74, 6) is -1.34. The van der Waals surface area contributed by atoms with Crippen molar-refractivity contribution in [2.24, 2.45) is 4.99 Å². The van der Waals surface area contributed by atoms with Gasteiger partial charge >= 0.3 is 12.1 Å². The summed E-state index contributed by atoms with van der Waals surface area (Å²) in [5.41, 5.74) is 3.17. The van der Waals surface area contributed by atoms with Crippen molar-refractivity contribution in [2.45, 2.75) is 34.1 Å². The van der Waals surface area contributed by atoms with Crippen LogP contribution in [0.5, 0.6) is 0 Å². The Labute approximate surface area is 242 Å². The Morgan fingerprint density at radius 2 is 1.90 bits per heavy atom. The van der Waals surface area contributed by atoms with Gasteiger partial charge in [0.25, 0.3) is 11.8 Å². The molecule has 0 unspecified atom stereocenters. The summed E-state index contributed by atoms with van der Waals surface area (Å²) in [6.07, 6.45) is 4.73. The van der Waals surface area contributed by atoms with E-state index in [1.165, 1.54) is 18.5 Å². The lowest BCUT2D eigenvalue weighted by molar-refractivity contribution is -0.0105. The molecule has 0 radical (unpaired) electrons. The zero-order chi connectivity index (χ0) is 30.6. The molecule has 2 heterocycles. The first-order chi connectivity index (χ1) is 20.2. The minimum Gasteiger partial charge on any atom is -0.424 e. The number of aromatic amines is 1. The van der Waals surface area contributed by atoms with Gasteiger partial charge in [0.2, 0.25) is 6.79 Å². The quantitative estimate of drug-likeness (QED) is 0.114. The Hall–Kier alpha value is -5.33. The van der Waals surface area contributed by atoms with E-state index in [1.807, 2.05) is 13.8 Å². The Bertz CT molecular complexity index is 1480. The minimum atomic E-state index is -0.970. The number of amides is 3. The van der Waals surface area contributed by atoms with E-state index >= 15 is 0 Å². The predicted octanol–water partition coefficient (Wildman–Crippen LogP) is 4.05. The van der Waals surface area contributed by atoms with Crippen LogP contribution in [0.3, 0.4) is 0 Å². The number of ether oxygens (including phenoxy) is 2. The van der Waals surface area contributed by atoms with Gasteiger partial charge in [0.05, 0.1) is 16.8 Å². The Morgan fingerprint density at radius 1 is 1.12 bits per heavy atom. The lowest BCUT2D eigenvalue weighted by Gasteiger charge is -2.20. The van der Waals surface area contributed by atoms with Crippen LogP contribution >= 0.6 is 0 Å². The van der Waals surface area contributed by atoms with Crippen molar-refractivity contribution in [3.05, 3.63) is 82.4 Å². The molecule has 13 heteroatoms. The van der Waals surface area contributed by atoms with Gasteiger partial charge in [-0.1, -0.05) is 13.0 Å². The predicted molar refractivity (Wildman–Crippen MR) is 156 cm³/mol. The van der Waals surface area contributed by atoms with Crippen LogP contribution in [-0.4, -0.2) is 70.8 Å². The first-order valence-corrected chi connectivity index (χ1v) is 13.2. The molecule has 0 spiro atoms. The summed E-state index contributed by atoms with van der Waals surface area (Å²) in [4.78, 5) is 62.6. The average Bonchev–Trinajstić information content (AvgIpc) is 3.37. The van der Waals surface area contributed by atoms with E-state index in [0.717, 1.165) is 16.8 Å². The molecule has 0 aliphatic rings. The molecule has 3 rings (SSSR count). The molecule has 0 saturated heterocycles. The van der Waals surface area contributed by atoms with Gasteiger partial charge in [0.1, 0.15) is 6.34 Å². The van der Waals surface area contributed by atoms with Gasteiger partial charge in [0.15, 0.2) is 5.84 Å². The number of esters is 1. The fourth-order valence-corrected chi connectivity index (χ4v) is 3.91. The molecule has 3 amide bonds. The number of amidine groups is 1. The maximum atomic E-state index is 13.4. The fourth-order valence-electron chi connectivity index (χ4n) is 3.91. The second kappa shape index (κ2) is 14.9. The van der Waals surface area contributed by atoms with Crippen molar-refractivity contribution < 1.29 is 28.7 Å². The number of aromatic nitrogens is 2. The van der Waals surface area contributed by atoms with Crippen molar-refractivity contribution in [1.82, 2.24) is 20.2 Å². The molecule has 0 aliphatic carbocycles. The van der Waals surface area contributed by atoms with Crippen molar-refractivity contribution in [2.75, 3.05) is 25.2 Å². The molecule has 0 fully saturated rings. The van der Waals surface area contributed by atoms with Gasteiger partial charge in [-0.2, -0.15) is 0 Å². The SMILES string of the molecule is CCCN(C(=O)OCOC(=O)c1cccnc1)C(=O)c1ccc(C)c(N/C(=N/C=N)c2[nH]cc(C(=O)NCC)c2C)c1. The zero-order valence-corrected chi connectivity index (χ0v) is 23.8. The summed E-state index contributed by atoms with van der Waals surface area (Å²) < 4.78 is 10.0. The fraction of sp³-hybridized carbons (Fsp3) is 0.276. The van der Waals surface area contributed by atoms with Crippen LogP contribution in [0.2, 0.25) is 0 Å². The number of pyridine rings is 1. The Morgan fingerprint density at radius 3 is 2.57 bits per heavy atom. The monoisotopic (exact) mass is 575 g/mol. The van der Waals surface area contributed by atoms with Crippen LogP contribution in [0.1, 0.15) is 68.2 Å². The molecule has 42 heavy (non-hydrogen) atoms. The van der Waals surface area contributed by atoms with Gasteiger partial charge in [-0.15, -0.1) is 0 Å². The number of anilines is 1. The number of aryl methyl sites for hydroxylation is 1. The number of benzene rings is 1. The number of aliphatic imine (C=N–C) groups is 1. The third-order valence-electron chi connectivity index (χ3n) is 6.07. The molecular formula is C29H33N7O6. The van der Waals surface area contributed by atoms with E-state index in [4.69, 9.17) is 14.9 Å². The molecular weight excluding hydrogens is 542 g/mol. The third-order valence-corrected chi connectivity index (χ3v) is 6.07. The number of nitrogens with one attached hydrogen (secondary N) is 4. The Balaban J connectivity index is 1.78. The molecule has 3 aromatic rings. The maximum Gasteiger partial charge on any atom is 0.419 e. The maximum absolute atomic E-state index is 13.4. The minimum absolute atomic E-state index is 0.0651. The zero-order valence-electron chi connectivity index (χ0n) is 23.8. The van der Waals surface area contributed by atoms with E-state index in [0.29, 0.717) is 35.5 Å². The standard InChI is InChI=1S/C29H33N7O6/c1-5-12-36(29(40)42-17-41-28(39)21-8-7-11-31-14-21)27(38)20-10-9-18(3)23(13-20)35-25(34-16-30)24-19(4)22(15-33-24)26(37)32-6-2/h7-11,13-16,33H,5-6,12,17H2,1-4H3,(H,32,37)(H2,30,34,35). The highest BCUT2D eigenvalue weighted by atomic mass is 16.7. The number of nitrogens with zero attached hydrogens (tertiary/aromatic N) is 3. The first-order valence-electron chi connectivity index (χ1n) is 13.2. The van der Waals surface area contributed by atoms with Crippen LogP contribution in [0.4, 0.5) is 10.5 Å². The van der Waals surface area contributed by atoms with Crippen LogP contribution in [0, 0.1) is 19.3 Å². The number of H-pyrrole nitrogens is 1. The summed E-state index contributed by atoms with van der Waals surface area (Å²) >= 11 is 0. The van der Waals surface area contributed by atoms with E-state index in [9.17, 15) is 19.2 Å². The normalized spacial score (nSPS) is 10.9. The molecule has 220 valence electrons. The van der Waals surface area contributed by atoms with E-state index in [-0.39, 0.29) is 29.4 Å². The number of carbonyl (C=O) groups excluding carboxylic acids is 4. The van der Waals surface area contributed by atoms with Crippen molar-refractivity contribution >= 4 is 41.7 Å². The third kappa shape index (κ3) is 7.65. The van der Waals surface area contributed by atoms with Gasteiger partial charge in [-0.25, -0.2) is 19.5 Å². The van der Waals surface area contributed by atoms with Crippen LogP contribution in [-0.2, 0) is 9.47 Å². The number of rotatable bonds is 11. The van der Waals surface area contributed by atoms with Crippen molar-refractivity contribution in [3.63, 3.8) is 0 Å². The summed E-state index contributed by atoms with van der Waals surface area (Å²) in [7, 11) is 0. The largest absolute Gasteiger partial charge is 0.424 e. The second-order valence-corrected chi connectivity index (χ2v) is 8.98. The highest BCUT2D eigenvalue weighted by Crippen LogP contribution is 2.22. The van der Waals surface area contributed by atoms with Crippen LogP contribution in [0.25, 0.3) is 0 Å². The first kappa shape index (κ1) is 31.2. The molecule has 0 saturated carbocycles. The number of imide groups is 1. The van der Waals surface area contributed by atoms with E-state index < -0.39 is 24.8 Å². The smallest absolute Gasteiger partial charge is 0.419 e. The van der Waals surface area contributed by atoms with Crippen molar-refractivity contribution in [1.29, 1.82) is 5.41 Å². The molecule has 0 aliphatic heterocycles. The average molecular weight is 576 g/mol. The Kier molecular flexibility index (Phi) is 11.1. The number of hydrogen-bond acceptors (Lipinski definition) is 8. The van der Waals surface area contributed by atoms with Gasteiger partial charge < -0.3 is 25.1 Å². The molecule has 4 N–H and O–H groups in total. The molecule has 2 aromatic heterocycles. The van der Waals surface area contributed by atoms with Gasteiger partial charge in [0, 0.05) is 42.9 Å². The molecule has 13 nitrogen and oxygen atoms in total. The van der Waals surface area contributed by atoms with Gasteiger partial charge in [-0.3, -0.25) is 20.0 Å². The molecule has 1 aromatic carbocycles. The topological polar surface area (TPSA) is 179 Å². The van der Waals surface area contributed by atoms with E-state index in [1.54, 1.807) is 44.3 Å². The highest BCUT2D eigenvalue weighted by Gasteiger charge is 2.25. The van der Waals surface area contributed by atoms with Crippen LogP contribution in [0.15, 0.2) is 53.9 Å². The summed E-state index contributed by atoms with van der Waals surface area (Å²) in [5, 5.41) is 13.4. The number of carbonyl (C=O) groups is 4. The van der Waals surface area contributed by atoms with Crippen LogP contribution < -0.4 is 10.6 Å². The highest BCUT2D eigenvalue weighted by molar-refractivity contribution is 6.13. The summed E-state index contributed by atoms with van der Waals surface area (Å²) in [6, 6.07) is 7.90. The van der Waals surface area contributed by atoms with Gasteiger partial charge in [-0.05, 0) is 62.6 Å². The molecule has 0 atom stereocenters. The van der Waals surface area contributed by atoms with E-state index in [2.05, 4.69) is 25.6 Å². The number of hydrogen-bond donors (Lipinski definition) is 4. The lowest BCUT2D eigenvalue weighted by atomic mass is 10.1. The summed E-state index contributed by atoms with van der Waals surface area (Å²) in [6.45, 7) is 7.04. The lowest BCUT2D eigenvalue weighted by Crippen LogP contribution is -2.38. The second-order valence-electron chi connectivity index (χ2n) is 8.98. The molecule has 0 bridgehead atoms.